The monoisotopic (exact) mass is 467 g/mol. The van der Waals surface area contributed by atoms with Crippen LogP contribution in [-0.4, -0.2) is 27.8 Å². The first-order valence-electron chi connectivity index (χ1n) is 9.74. The van der Waals surface area contributed by atoms with Crippen molar-refractivity contribution in [1.29, 1.82) is 0 Å². The van der Waals surface area contributed by atoms with Crippen molar-refractivity contribution in [2.75, 3.05) is 5.32 Å². The average molecular weight is 468 g/mol. The lowest BCUT2D eigenvalue weighted by molar-refractivity contribution is -0.116. The third-order valence-corrected chi connectivity index (χ3v) is 7.09. The van der Waals surface area contributed by atoms with Crippen LogP contribution in [0.25, 0.3) is 0 Å². The van der Waals surface area contributed by atoms with Gasteiger partial charge in [-0.05, 0) is 67.4 Å². The smallest absolute Gasteiger partial charge is 0.341 e. The van der Waals surface area contributed by atoms with Crippen molar-refractivity contribution in [2.24, 2.45) is 0 Å². The van der Waals surface area contributed by atoms with Crippen LogP contribution in [0.3, 0.4) is 0 Å². The third kappa shape index (κ3) is 4.66. The molecule has 0 aliphatic heterocycles. The second-order valence-corrected chi connectivity index (χ2v) is 9.10. The Bertz CT molecular complexity index is 874. The van der Waals surface area contributed by atoms with Gasteiger partial charge in [-0.1, -0.05) is 6.92 Å². The van der Waals surface area contributed by atoms with E-state index < -0.39 is 0 Å². The van der Waals surface area contributed by atoms with Crippen LogP contribution in [0.5, 0.6) is 0 Å². The Labute approximate surface area is 177 Å². The number of thiophene rings is 1. The zero-order valence-corrected chi connectivity index (χ0v) is 18.9. The summed E-state index contributed by atoms with van der Waals surface area (Å²) in [4.78, 5) is 26.5. The number of carbonyl (C=O) groups is 2. The van der Waals surface area contributed by atoms with Gasteiger partial charge in [-0.15, -0.1) is 11.3 Å². The fourth-order valence-corrected chi connectivity index (χ4v) is 4.83. The van der Waals surface area contributed by atoms with Crippen molar-refractivity contribution in [3.63, 3.8) is 0 Å². The molecule has 1 atom stereocenters. The van der Waals surface area contributed by atoms with Crippen molar-refractivity contribution in [2.45, 2.75) is 71.9 Å². The number of hydrogen-bond donors (Lipinski definition) is 1. The molecule has 0 fully saturated rings. The summed E-state index contributed by atoms with van der Waals surface area (Å²) in [5.41, 5.74) is 2.61. The van der Waals surface area contributed by atoms with E-state index >= 15 is 0 Å². The Kier molecular flexibility index (Phi) is 6.93. The minimum absolute atomic E-state index is 0.123. The second kappa shape index (κ2) is 9.22. The summed E-state index contributed by atoms with van der Waals surface area (Å²) in [5.74, 6) is -0.446. The molecule has 0 spiro atoms. The molecule has 2 heterocycles. The van der Waals surface area contributed by atoms with Gasteiger partial charge in [-0.3, -0.25) is 9.48 Å². The van der Waals surface area contributed by atoms with Crippen LogP contribution >= 0.6 is 27.3 Å². The number of amides is 1. The normalized spacial score (nSPS) is 14.4. The molecule has 2 aromatic rings. The first kappa shape index (κ1) is 21.0. The van der Waals surface area contributed by atoms with Gasteiger partial charge in [0.25, 0.3) is 0 Å². The van der Waals surface area contributed by atoms with Gasteiger partial charge in [-0.25, -0.2) is 4.79 Å². The van der Waals surface area contributed by atoms with Crippen LogP contribution in [0, 0.1) is 6.92 Å². The molecule has 1 N–H and O–H groups in total. The number of anilines is 1. The molecule has 1 aliphatic rings. The van der Waals surface area contributed by atoms with E-state index in [4.69, 9.17) is 4.74 Å². The molecule has 6 nitrogen and oxygen atoms in total. The van der Waals surface area contributed by atoms with E-state index in [-0.39, 0.29) is 24.4 Å². The zero-order valence-electron chi connectivity index (χ0n) is 16.5. The number of ether oxygens (including phenoxy) is 1. The summed E-state index contributed by atoms with van der Waals surface area (Å²) in [6, 6.07) is 0. The van der Waals surface area contributed by atoms with E-state index in [2.05, 4.69) is 26.3 Å². The quantitative estimate of drug-likeness (QED) is 0.588. The predicted octanol–water partition coefficient (Wildman–Crippen LogP) is 4.88. The van der Waals surface area contributed by atoms with E-state index in [1.165, 1.54) is 16.2 Å². The van der Waals surface area contributed by atoms with Gasteiger partial charge in [0.15, 0.2) is 0 Å². The lowest BCUT2D eigenvalue weighted by atomic mass is 9.95. The SMILES string of the molecule is CCC(C)OC(=O)c1c(NC(=O)CCn2ncc(Br)c2C)sc2c1CCCC2. The maximum Gasteiger partial charge on any atom is 0.341 e. The molecule has 0 saturated heterocycles. The topological polar surface area (TPSA) is 73.2 Å². The van der Waals surface area contributed by atoms with Gasteiger partial charge < -0.3 is 10.1 Å². The fourth-order valence-electron chi connectivity index (χ4n) is 3.24. The molecule has 1 unspecified atom stereocenters. The Morgan fingerprint density at radius 2 is 2.14 bits per heavy atom. The minimum Gasteiger partial charge on any atom is -0.459 e. The van der Waals surface area contributed by atoms with E-state index in [1.807, 2.05) is 20.8 Å². The van der Waals surface area contributed by atoms with Gasteiger partial charge >= 0.3 is 5.97 Å². The summed E-state index contributed by atoms with van der Waals surface area (Å²) in [6.07, 6.45) is 6.64. The lowest BCUT2D eigenvalue weighted by Crippen LogP contribution is -2.19. The number of carbonyl (C=O) groups excluding carboxylic acids is 2. The molecule has 1 aliphatic carbocycles. The first-order valence-corrected chi connectivity index (χ1v) is 11.3. The Morgan fingerprint density at radius 1 is 1.39 bits per heavy atom. The Morgan fingerprint density at radius 3 is 2.82 bits per heavy atom. The minimum atomic E-state index is -0.323. The van der Waals surface area contributed by atoms with Crippen LogP contribution in [0.1, 0.15) is 66.0 Å². The summed E-state index contributed by atoms with van der Waals surface area (Å²) in [5, 5.41) is 7.84. The Balaban J connectivity index is 1.75. The molecular formula is C20H26BrN3O3S. The first-order chi connectivity index (χ1) is 13.4. The van der Waals surface area contributed by atoms with Crippen molar-refractivity contribution in [3.05, 3.63) is 32.4 Å². The van der Waals surface area contributed by atoms with Crippen molar-refractivity contribution in [1.82, 2.24) is 9.78 Å². The second-order valence-electron chi connectivity index (χ2n) is 7.14. The van der Waals surface area contributed by atoms with E-state index in [9.17, 15) is 9.59 Å². The molecule has 0 bridgehead atoms. The number of esters is 1. The van der Waals surface area contributed by atoms with Crippen molar-refractivity contribution >= 4 is 44.1 Å². The van der Waals surface area contributed by atoms with E-state index in [0.717, 1.165) is 47.8 Å². The highest BCUT2D eigenvalue weighted by Gasteiger charge is 2.28. The number of hydrogen-bond acceptors (Lipinski definition) is 5. The van der Waals surface area contributed by atoms with E-state index in [1.54, 1.807) is 10.9 Å². The van der Waals surface area contributed by atoms with Gasteiger partial charge in [-0.2, -0.15) is 5.10 Å². The molecule has 152 valence electrons. The zero-order chi connectivity index (χ0) is 20.3. The maximum absolute atomic E-state index is 12.8. The molecule has 0 aromatic carbocycles. The van der Waals surface area contributed by atoms with Crippen LogP contribution in [-0.2, 0) is 28.9 Å². The van der Waals surface area contributed by atoms with E-state index in [0.29, 0.717) is 17.1 Å². The largest absolute Gasteiger partial charge is 0.459 e. The van der Waals surface area contributed by atoms with Crippen LogP contribution in [0.15, 0.2) is 10.7 Å². The van der Waals surface area contributed by atoms with Crippen LogP contribution < -0.4 is 5.32 Å². The Hall–Kier alpha value is -1.67. The lowest BCUT2D eigenvalue weighted by Gasteiger charge is -2.15. The molecule has 1 amide bonds. The fraction of sp³-hybridized carbons (Fsp3) is 0.550. The number of aryl methyl sites for hydroxylation is 2. The summed E-state index contributed by atoms with van der Waals surface area (Å²) in [6.45, 7) is 6.31. The molecule has 0 saturated carbocycles. The van der Waals surface area contributed by atoms with Gasteiger partial charge in [0.05, 0.1) is 28.9 Å². The highest BCUT2D eigenvalue weighted by atomic mass is 79.9. The van der Waals surface area contributed by atoms with Gasteiger partial charge in [0, 0.05) is 17.0 Å². The number of rotatable bonds is 7. The van der Waals surface area contributed by atoms with Crippen molar-refractivity contribution < 1.29 is 14.3 Å². The van der Waals surface area contributed by atoms with Gasteiger partial charge in [0.2, 0.25) is 5.91 Å². The standard InChI is InChI=1S/C20H26BrN3O3S/c1-4-12(2)27-20(26)18-14-7-5-6-8-16(14)28-19(18)23-17(25)9-10-24-13(3)15(21)11-22-24/h11-12H,4-10H2,1-3H3,(H,23,25). The number of aromatic nitrogens is 2. The number of nitrogens with one attached hydrogen (secondary N) is 1. The van der Waals surface area contributed by atoms with Gasteiger partial charge in [0.1, 0.15) is 5.00 Å². The highest BCUT2D eigenvalue weighted by Crippen LogP contribution is 2.38. The molecular weight excluding hydrogens is 442 g/mol. The predicted molar refractivity (Wildman–Crippen MR) is 114 cm³/mol. The summed E-state index contributed by atoms with van der Waals surface area (Å²) >= 11 is 4.95. The third-order valence-electron chi connectivity index (χ3n) is 5.11. The summed E-state index contributed by atoms with van der Waals surface area (Å²) < 4.78 is 8.29. The number of fused-ring (bicyclic) bond motifs is 1. The molecule has 28 heavy (non-hydrogen) atoms. The summed E-state index contributed by atoms with van der Waals surface area (Å²) in [7, 11) is 0. The van der Waals surface area contributed by atoms with Crippen LogP contribution in [0.2, 0.25) is 0 Å². The number of halogens is 1. The average Bonchev–Trinajstić information content (AvgIpc) is 3.19. The van der Waals surface area contributed by atoms with Crippen LogP contribution in [0.4, 0.5) is 5.00 Å². The molecule has 8 heteroatoms. The number of nitrogens with zero attached hydrogens (tertiary/aromatic N) is 2. The molecule has 3 rings (SSSR count). The molecule has 0 radical (unpaired) electrons. The molecule has 2 aromatic heterocycles. The highest BCUT2D eigenvalue weighted by molar-refractivity contribution is 9.10. The van der Waals surface area contributed by atoms with Crippen molar-refractivity contribution in [3.8, 4) is 0 Å². The maximum atomic E-state index is 12.8.